The molecule has 1 N–H and O–H groups in total. The van der Waals surface area contributed by atoms with Gasteiger partial charge in [0.2, 0.25) is 0 Å². The molecule has 0 saturated heterocycles. The number of sulfone groups is 1. The van der Waals surface area contributed by atoms with Crippen LogP contribution in [0.4, 0.5) is 10.1 Å². The van der Waals surface area contributed by atoms with E-state index in [1.165, 1.54) is 42.5 Å². The van der Waals surface area contributed by atoms with Gasteiger partial charge in [0.05, 0.1) is 10.6 Å². The van der Waals surface area contributed by atoms with Crippen LogP contribution in [0, 0.1) is 5.82 Å². The number of hydrogen-bond donors (Lipinski definition) is 1. The number of rotatable bonds is 4. The van der Waals surface area contributed by atoms with Gasteiger partial charge in [0.1, 0.15) is 5.82 Å². The lowest BCUT2D eigenvalue weighted by Gasteiger charge is -2.07. The van der Waals surface area contributed by atoms with Crippen molar-refractivity contribution >= 4 is 21.4 Å². The minimum absolute atomic E-state index is 0.0159. The van der Waals surface area contributed by atoms with E-state index in [9.17, 15) is 17.6 Å². The van der Waals surface area contributed by atoms with Gasteiger partial charge in [-0.3, -0.25) is 4.79 Å². The Hall–Kier alpha value is -2.21. The third-order valence-corrected chi connectivity index (χ3v) is 4.69. The van der Waals surface area contributed by atoms with E-state index in [4.69, 9.17) is 0 Å². The average molecular weight is 307 g/mol. The van der Waals surface area contributed by atoms with Gasteiger partial charge in [-0.05, 0) is 42.5 Å². The van der Waals surface area contributed by atoms with Crippen LogP contribution in [0.1, 0.15) is 17.3 Å². The fourth-order valence-corrected chi connectivity index (χ4v) is 2.63. The third-order valence-electron chi connectivity index (χ3n) is 2.94. The third kappa shape index (κ3) is 3.66. The topological polar surface area (TPSA) is 63.2 Å². The first-order valence-electron chi connectivity index (χ1n) is 6.32. The Morgan fingerprint density at radius 1 is 1.14 bits per heavy atom. The summed E-state index contributed by atoms with van der Waals surface area (Å²) in [5, 5.41) is 2.58. The quantitative estimate of drug-likeness (QED) is 0.944. The highest BCUT2D eigenvalue weighted by molar-refractivity contribution is 7.91. The molecule has 0 bridgehead atoms. The molecule has 0 aliphatic heterocycles. The van der Waals surface area contributed by atoms with Crippen molar-refractivity contribution < 1.29 is 17.6 Å². The van der Waals surface area contributed by atoms with Crippen molar-refractivity contribution in [1.29, 1.82) is 0 Å². The molecule has 0 spiro atoms. The van der Waals surface area contributed by atoms with Gasteiger partial charge in [-0.25, -0.2) is 12.8 Å². The molecule has 0 saturated carbocycles. The van der Waals surface area contributed by atoms with Gasteiger partial charge in [-0.15, -0.1) is 0 Å². The molecule has 2 aromatic carbocycles. The second-order valence-electron chi connectivity index (χ2n) is 4.39. The van der Waals surface area contributed by atoms with E-state index in [1.807, 2.05) is 0 Å². The van der Waals surface area contributed by atoms with Crippen LogP contribution in [0.3, 0.4) is 0 Å². The predicted octanol–water partition coefficient (Wildman–Crippen LogP) is 2.87. The second kappa shape index (κ2) is 6.05. The molecule has 2 rings (SSSR count). The van der Waals surface area contributed by atoms with E-state index in [2.05, 4.69) is 5.32 Å². The number of benzene rings is 2. The van der Waals surface area contributed by atoms with Gasteiger partial charge < -0.3 is 5.32 Å². The maximum Gasteiger partial charge on any atom is 0.255 e. The van der Waals surface area contributed by atoms with Gasteiger partial charge in [0.15, 0.2) is 9.84 Å². The van der Waals surface area contributed by atoms with Crippen LogP contribution in [-0.2, 0) is 9.84 Å². The van der Waals surface area contributed by atoms with Crippen LogP contribution in [0.15, 0.2) is 53.4 Å². The van der Waals surface area contributed by atoms with Crippen LogP contribution in [0.25, 0.3) is 0 Å². The number of anilines is 1. The summed E-state index contributed by atoms with van der Waals surface area (Å²) < 4.78 is 36.4. The average Bonchev–Trinajstić information content (AvgIpc) is 2.48. The van der Waals surface area contributed by atoms with E-state index in [1.54, 1.807) is 6.92 Å². The molecule has 0 atom stereocenters. The molecule has 0 unspecified atom stereocenters. The number of carbonyl (C=O) groups excluding carboxylic acids is 1. The van der Waals surface area contributed by atoms with Crippen molar-refractivity contribution in [3.8, 4) is 0 Å². The Morgan fingerprint density at radius 3 is 2.38 bits per heavy atom. The minimum Gasteiger partial charge on any atom is -0.322 e. The van der Waals surface area contributed by atoms with E-state index < -0.39 is 21.6 Å². The molecule has 0 fully saturated rings. The van der Waals surface area contributed by atoms with Crippen molar-refractivity contribution in [2.24, 2.45) is 0 Å². The number of nitrogens with one attached hydrogen (secondary N) is 1. The standard InChI is InChI=1S/C15H14FNO3S/c1-2-21(19,20)14-8-6-13(7-9-14)17-15(18)11-4-3-5-12(16)10-11/h3-10H,2H2,1H3,(H,17,18). The normalized spacial score (nSPS) is 11.1. The SMILES string of the molecule is CCS(=O)(=O)c1ccc(NC(=O)c2cccc(F)c2)cc1. The Balaban J connectivity index is 2.16. The number of carbonyl (C=O) groups is 1. The molecule has 0 aliphatic carbocycles. The zero-order chi connectivity index (χ0) is 15.5. The summed E-state index contributed by atoms with van der Waals surface area (Å²) >= 11 is 0. The first-order chi connectivity index (χ1) is 9.92. The Labute approximate surface area is 122 Å². The largest absolute Gasteiger partial charge is 0.322 e. The smallest absolute Gasteiger partial charge is 0.255 e. The van der Waals surface area contributed by atoms with Crippen LogP contribution in [0.5, 0.6) is 0 Å². The van der Waals surface area contributed by atoms with E-state index in [-0.39, 0.29) is 16.2 Å². The van der Waals surface area contributed by atoms with Crippen molar-refractivity contribution in [3.05, 3.63) is 59.9 Å². The molecular weight excluding hydrogens is 293 g/mol. The summed E-state index contributed by atoms with van der Waals surface area (Å²) in [5.74, 6) is -0.935. The Kier molecular flexibility index (Phi) is 4.37. The molecule has 110 valence electrons. The highest BCUT2D eigenvalue weighted by atomic mass is 32.2. The van der Waals surface area contributed by atoms with Crippen molar-refractivity contribution in [2.75, 3.05) is 11.1 Å². The van der Waals surface area contributed by atoms with Gasteiger partial charge in [-0.2, -0.15) is 0 Å². The van der Waals surface area contributed by atoms with Crippen molar-refractivity contribution in [1.82, 2.24) is 0 Å². The maximum atomic E-state index is 13.0. The van der Waals surface area contributed by atoms with Crippen molar-refractivity contribution in [2.45, 2.75) is 11.8 Å². The lowest BCUT2D eigenvalue weighted by Crippen LogP contribution is -2.12. The Morgan fingerprint density at radius 2 is 1.81 bits per heavy atom. The van der Waals surface area contributed by atoms with Gasteiger partial charge >= 0.3 is 0 Å². The first-order valence-corrected chi connectivity index (χ1v) is 7.97. The number of amides is 1. The molecular formula is C15H14FNO3S. The number of halogens is 1. The predicted molar refractivity (Wildman–Crippen MR) is 78.5 cm³/mol. The summed E-state index contributed by atoms with van der Waals surface area (Å²) in [4.78, 5) is 12.1. The summed E-state index contributed by atoms with van der Waals surface area (Å²) in [6.07, 6.45) is 0. The molecule has 2 aromatic rings. The van der Waals surface area contributed by atoms with Gasteiger partial charge in [-0.1, -0.05) is 13.0 Å². The van der Waals surface area contributed by atoms with Crippen molar-refractivity contribution in [3.63, 3.8) is 0 Å². The molecule has 0 heterocycles. The molecule has 4 nitrogen and oxygen atoms in total. The highest BCUT2D eigenvalue weighted by Crippen LogP contribution is 2.16. The molecule has 21 heavy (non-hydrogen) atoms. The van der Waals surface area contributed by atoms with Crippen LogP contribution >= 0.6 is 0 Å². The zero-order valence-corrected chi connectivity index (χ0v) is 12.2. The molecule has 1 amide bonds. The van der Waals surface area contributed by atoms with Crippen LogP contribution in [0.2, 0.25) is 0 Å². The lowest BCUT2D eigenvalue weighted by atomic mass is 10.2. The van der Waals surface area contributed by atoms with Gasteiger partial charge in [0, 0.05) is 11.3 Å². The monoisotopic (exact) mass is 307 g/mol. The van der Waals surface area contributed by atoms with E-state index >= 15 is 0 Å². The second-order valence-corrected chi connectivity index (χ2v) is 6.67. The molecule has 0 radical (unpaired) electrons. The van der Waals surface area contributed by atoms with Crippen LogP contribution < -0.4 is 5.32 Å². The molecule has 6 heteroatoms. The minimum atomic E-state index is -3.26. The first kappa shape index (κ1) is 15.2. The summed E-state index contributed by atoms with van der Waals surface area (Å²) in [5.41, 5.74) is 0.638. The fraction of sp³-hybridized carbons (Fsp3) is 0.133. The van der Waals surface area contributed by atoms with E-state index in [0.29, 0.717) is 5.69 Å². The highest BCUT2D eigenvalue weighted by Gasteiger charge is 2.12. The van der Waals surface area contributed by atoms with Gasteiger partial charge in [0.25, 0.3) is 5.91 Å². The van der Waals surface area contributed by atoms with E-state index in [0.717, 1.165) is 6.07 Å². The fourth-order valence-electron chi connectivity index (χ4n) is 1.75. The summed E-state index contributed by atoms with van der Waals surface area (Å²) in [6, 6.07) is 11.2. The molecule has 0 aliphatic rings. The number of hydrogen-bond acceptors (Lipinski definition) is 3. The summed E-state index contributed by atoms with van der Waals surface area (Å²) in [6.45, 7) is 1.56. The lowest BCUT2D eigenvalue weighted by molar-refractivity contribution is 0.102. The van der Waals surface area contributed by atoms with Crippen LogP contribution in [-0.4, -0.2) is 20.1 Å². The molecule has 0 aromatic heterocycles. The zero-order valence-electron chi connectivity index (χ0n) is 11.3. The Bertz CT molecular complexity index is 755. The summed E-state index contributed by atoms with van der Waals surface area (Å²) in [7, 11) is -3.26. The maximum absolute atomic E-state index is 13.0.